The lowest BCUT2D eigenvalue weighted by atomic mass is 10.1. The van der Waals surface area contributed by atoms with Crippen LogP contribution in [0, 0.1) is 0 Å². The molecule has 1 aromatic rings. The average molecular weight is 322 g/mol. The molecule has 118 valence electrons. The van der Waals surface area contributed by atoms with E-state index in [1.807, 2.05) is 18.2 Å². The van der Waals surface area contributed by atoms with Crippen LogP contribution in [0.2, 0.25) is 0 Å². The Morgan fingerprint density at radius 2 is 1.95 bits per heavy atom. The van der Waals surface area contributed by atoms with E-state index in [2.05, 4.69) is 19.8 Å². The number of carbonyl (C=O) groups is 1. The fraction of sp³-hybridized carbons (Fsp3) is 0.286. The van der Waals surface area contributed by atoms with Gasteiger partial charge in [0.2, 0.25) is 5.91 Å². The summed E-state index contributed by atoms with van der Waals surface area (Å²) in [6, 6.07) is 7.30. The third-order valence-corrected chi connectivity index (χ3v) is 4.28. The van der Waals surface area contributed by atoms with Crippen molar-refractivity contribution in [2.24, 2.45) is 4.40 Å². The van der Waals surface area contributed by atoms with Crippen molar-refractivity contribution in [2.75, 3.05) is 17.7 Å². The van der Waals surface area contributed by atoms with Crippen LogP contribution in [-0.2, 0) is 15.0 Å². The molecule has 1 aliphatic heterocycles. The summed E-state index contributed by atoms with van der Waals surface area (Å²) >= 11 is 0. The molecular formula is C14H18N4O3S. The molecule has 0 radical (unpaired) electrons. The Balaban J connectivity index is 2.11. The Morgan fingerprint density at radius 1 is 1.27 bits per heavy atom. The Morgan fingerprint density at radius 3 is 2.59 bits per heavy atom. The smallest absolute Gasteiger partial charge is 0.342 e. The number of nitrogens with one attached hydrogen (secondary N) is 3. The lowest BCUT2D eigenvalue weighted by Gasteiger charge is -2.17. The molecule has 0 aromatic heterocycles. The van der Waals surface area contributed by atoms with Crippen LogP contribution < -0.4 is 15.4 Å². The summed E-state index contributed by atoms with van der Waals surface area (Å²) in [5, 5.41) is 5.77. The van der Waals surface area contributed by atoms with Gasteiger partial charge >= 0.3 is 10.2 Å². The molecule has 0 unspecified atom stereocenters. The summed E-state index contributed by atoms with van der Waals surface area (Å²) in [5.41, 5.74) is 2.89. The molecule has 0 spiro atoms. The van der Waals surface area contributed by atoms with Crippen LogP contribution in [0.3, 0.4) is 0 Å². The molecule has 8 heteroatoms. The highest BCUT2D eigenvalue weighted by atomic mass is 32.2. The topological polar surface area (TPSA) is 99.7 Å². The van der Waals surface area contributed by atoms with Crippen LogP contribution in [0.1, 0.15) is 20.3 Å². The molecule has 0 fully saturated rings. The van der Waals surface area contributed by atoms with E-state index < -0.39 is 10.2 Å². The zero-order chi connectivity index (χ0) is 16.3. The first-order valence-electron chi connectivity index (χ1n) is 6.68. The van der Waals surface area contributed by atoms with E-state index in [9.17, 15) is 13.2 Å². The van der Waals surface area contributed by atoms with Gasteiger partial charge in [-0.1, -0.05) is 6.07 Å². The number of amides is 1. The van der Waals surface area contributed by atoms with Crippen molar-refractivity contribution in [3.05, 3.63) is 35.5 Å². The third-order valence-electron chi connectivity index (χ3n) is 3.20. The van der Waals surface area contributed by atoms with Gasteiger partial charge in [0.05, 0.1) is 12.1 Å². The molecule has 0 saturated carbocycles. The van der Waals surface area contributed by atoms with Crippen molar-refractivity contribution < 1.29 is 13.2 Å². The monoisotopic (exact) mass is 322 g/mol. The second kappa shape index (κ2) is 6.18. The lowest BCUT2D eigenvalue weighted by Crippen LogP contribution is -2.29. The minimum atomic E-state index is -3.68. The Bertz CT molecular complexity index is 766. The summed E-state index contributed by atoms with van der Waals surface area (Å²) in [6.45, 7) is 3.19. The highest BCUT2D eigenvalue weighted by Gasteiger charge is 2.22. The van der Waals surface area contributed by atoms with Gasteiger partial charge < -0.3 is 10.6 Å². The van der Waals surface area contributed by atoms with Crippen molar-refractivity contribution in [2.45, 2.75) is 20.3 Å². The van der Waals surface area contributed by atoms with Crippen molar-refractivity contribution >= 4 is 33.2 Å². The molecule has 3 N–H and O–H groups in total. The fourth-order valence-corrected chi connectivity index (χ4v) is 3.19. The summed E-state index contributed by atoms with van der Waals surface area (Å²) in [7, 11) is -1.88. The van der Waals surface area contributed by atoms with Gasteiger partial charge in [0.25, 0.3) is 0 Å². The second-order valence-corrected chi connectivity index (χ2v) is 6.25. The first-order chi connectivity index (χ1) is 10.3. The van der Waals surface area contributed by atoms with Crippen molar-refractivity contribution in [1.29, 1.82) is 0 Å². The predicted octanol–water partition coefficient (Wildman–Crippen LogP) is 1.64. The zero-order valence-electron chi connectivity index (χ0n) is 12.6. The highest BCUT2D eigenvalue weighted by Crippen LogP contribution is 2.19. The van der Waals surface area contributed by atoms with Crippen LogP contribution in [0.4, 0.5) is 11.4 Å². The van der Waals surface area contributed by atoms with E-state index in [-0.39, 0.29) is 12.3 Å². The second-order valence-electron chi connectivity index (χ2n) is 4.91. The number of anilines is 2. The van der Waals surface area contributed by atoms with E-state index in [4.69, 9.17) is 0 Å². The number of nitrogens with zero attached hydrogens (tertiary/aromatic N) is 1. The van der Waals surface area contributed by atoms with Gasteiger partial charge in [-0.25, -0.2) is 0 Å². The van der Waals surface area contributed by atoms with Crippen molar-refractivity contribution in [1.82, 2.24) is 4.72 Å². The largest absolute Gasteiger partial charge is 0.388 e. The minimum absolute atomic E-state index is 0.0491. The summed E-state index contributed by atoms with van der Waals surface area (Å²) in [6.07, 6.45) is 0.0491. The first-order valence-corrected chi connectivity index (χ1v) is 8.12. The quantitative estimate of drug-likeness (QED) is 0.784. The SMILES string of the molecule is CNc1cccc(NC(=O)CC2=C(C)NS(=O)(=O)N=C2C)c1. The normalized spacial score (nSPS) is 16.6. The molecule has 0 atom stereocenters. The maximum atomic E-state index is 12.1. The van der Waals surface area contributed by atoms with Crippen LogP contribution in [-0.4, -0.2) is 27.1 Å². The van der Waals surface area contributed by atoms with Gasteiger partial charge in [0.15, 0.2) is 0 Å². The van der Waals surface area contributed by atoms with Gasteiger partial charge in [-0.3, -0.25) is 9.52 Å². The number of allylic oxidation sites excluding steroid dienone is 1. The number of benzene rings is 1. The van der Waals surface area contributed by atoms with Gasteiger partial charge in [-0.15, -0.1) is 4.40 Å². The van der Waals surface area contributed by atoms with E-state index in [1.165, 1.54) is 0 Å². The Labute approximate surface area is 129 Å². The van der Waals surface area contributed by atoms with E-state index >= 15 is 0 Å². The first kappa shape index (κ1) is 16.0. The number of carbonyl (C=O) groups excluding carboxylic acids is 1. The molecule has 0 bridgehead atoms. The molecule has 1 aromatic carbocycles. The van der Waals surface area contributed by atoms with Gasteiger partial charge in [-0.05, 0) is 32.0 Å². The van der Waals surface area contributed by atoms with E-state index in [1.54, 1.807) is 27.0 Å². The van der Waals surface area contributed by atoms with Gasteiger partial charge in [-0.2, -0.15) is 8.42 Å². The number of hydrogen-bond donors (Lipinski definition) is 3. The number of hydrogen-bond acceptors (Lipinski definition) is 4. The molecule has 7 nitrogen and oxygen atoms in total. The number of rotatable bonds is 4. The Hall–Kier alpha value is -2.35. The van der Waals surface area contributed by atoms with Crippen molar-refractivity contribution in [3.63, 3.8) is 0 Å². The summed E-state index contributed by atoms with van der Waals surface area (Å²) in [4.78, 5) is 12.1. The van der Waals surface area contributed by atoms with E-state index in [0.29, 0.717) is 22.7 Å². The zero-order valence-corrected chi connectivity index (χ0v) is 13.4. The minimum Gasteiger partial charge on any atom is -0.388 e. The standard InChI is InChI=1S/C14H18N4O3S/c1-9-13(10(2)18-22(20,21)17-9)8-14(19)16-12-6-4-5-11(7-12)15-3/h4-7,15,17H,8H2,1-3H3,(H,16,19). The molecule has 1 aliphatic rings. The molecule has 22 heavy (non-hydrogen) atoms. The van der Waals surface area contributed by atoms with Gasteiger partial charge in [0.1, 0.15) is 0 Å². The molecular weight excluding hydrogens is 304 g/mol. The van der Waals surface area contributed by atoms with Crippen molar-refractivity contribution in [3.8, 4) is 0 Å². The maximum absolute atomic E-state index is 12.1. The lowest BCUT2D eigenvalue weighted by molar-refractivity contribution is -0.115. The maximum Gasteiger partial charge on any atom is 0.342 e. The van der Waals surface area contributed by atoms with Crippen LogP contribution >= 0.6 is 0 Å². The summed E-state index contributed by atoms with van der Waals surface area (Å²) in [5.74, 6) is -0.238. The third kappa shape index (κ3) is 3.85. The summed E-state index contributed by atoms with van der Waals surface area (Å²) < 4.78 is 28.7. The molecule has 0 saturated heterocycles. The van der Waals surface area contributed by atoms with Crippen LogP contribution in [0.15, 0.2) is 39.9 Å². The van der Waals surface area contributed by atoms with Crippen LogP contribution in [0.5, 0.6) is 0 Å². The average Bonchev–Trinajstić information content (AvgIpc) is 2.42. The van der Waals surface area contributed by atoms with Crippen LogP contribution in [0.25, 0.3) is 0 Å². The molecule has 1 amide bonds. The fourth-order valence-electron chi connectivity index (χ4n) is 2.16. The molecule has 1 heterocycles. The molecule has 0 aliphatic carbocycles. The van der Waals surface area contributed by atoms with Gasteiger partial charge in [0, 0.05) is 29.7 Å². The highest BCUT2D eigenvalue weighted by molar-refractivity contribution is 7.88. The Kier molecular flexibility index (Phi) is 4.51. The van der Waals surface area contributed by atoms with E-state index in [0.717, 1.165) is 5.69 Å². The molecule has 2 rings (SSSR count). The predicted molar refractivity (Wildman–Crippen MR) is 87.1 cm³/mol.